The summed E-state index contributed by atoms with van der Waals surface area (Å²) >= 11 is 3.40. The highest BCUT2D eigenvalue weighted by atomic mass is 79.9. The third kappa shape index (κ3) is 3.52. The zero-order chi connectivity index (χ0) is 15.6. The molecule has 2 N–H and O–H groups in total. The van der Waals surface area contributed by atoms with Gasteiger partial charge >= 0.3 is 0 Å². The van der Waals surface area contributed by atoms with Crippen LogP contribution in [0.3, 0.4) is 0 Å². The van der Waals surface area contributed by atoms with Gasteiger partial charge in [0.15, 0.2) is 0 Å². The van der Waals surface area contributed by atoms with Crippen LogP contribution in [0.2, 0.25) is 0 Å². The van der Waals surface area contributed by atoms with Crippen LogP contribution >= 0.6 is 15.9 Å². The summed E-state index contributed by atoms with van der Waals surface area (Å²) in [6.45, 7) is 2.41. The first-order valence-electron chi connectivity index (χ1n) is 6.81. The number of hydrogen-bond donors (Lipinski definition) is 2. The summed E-state index contributed by atoms with van der Waals surface area (Å²) in [5.41, 5.74) is 2.15. The van der Waals surface area contributed by atoms with E-state index in [-0.39, 0.29) is 18.5 Å². The maximum absolute atomic E-state index is 12.5. The minimum atomic E-state index is -2.41. The van der Waals surface area contributed by atoms with Crippen molar-refractivity contribution < 1.29 is 13.6 Å². The van der Waals surface area contributed by atoms with Crippen LogP contribution in [0.5, 0.6) is 0 Å². The van der Waals surface area contributed by atoms with Crippen LogP contribution in [0, 0.1) is 0 Å². The average Bonchev–Trinajstić information content (AvgIpc) is 2.69. The zero-order valence-electron chi connectivity index (χ0n) is 11.9. The van der Waals surface area contributed by atoms with Crippen LogP contribution in [0.1, 0.15) is 24.9 Å². The normalized spacial score (nSPS) is 17.0. The minimum Gasteiger partial charge on any atom is -0.368 e. The molecule has 0 saturated carbocycles. The molecule has 1 aromatic carbocycles. The molecular weight excluding hydrogens is 344 g/mol. The van der Waals surface area contributed by atoms with Gasteiger partial charge in [-0.3, -0.25) is 4.79 Å². The second kappa shape index (κ2) is 6.70. The molecule has 7 heteroatoms. The molecule has 4 nitrogen and oxygen atoms in total. The van der Waals surface area contributed by atoms with Gasteiger partial charge in [-0.1, -0.05) is 6.92 Å². The lowest BCUT2D eigenvalue weighted by atomic mass is 10.1. The van der Waals surface area contributed by atoms with Gasteiger partial charge in [0.05, 0.1) is 12.2 Å². The van der Waals surface area contributed by atoms with Crippen molar-refractivity contribution in [2.75, 3.05) is 30.4 Å². The smallest absolute Gasteiger partial charge is 0.255 e. The van der Waals surface area contributed by atoms with Crippen LogP contribution in [-0.4, -0.2) is 32.5 Å². The highest BCUT2D eigenvalue weighted by Crippen LogP contribution is 2.38. The molecule has 0 radical (unpaired) electrons. The molecule has 0 spiro atoms. The molecule has 0 aliphatic carbocycles. The molecular formula is C14H18BrF2N3O. The number of amides is 1. The fourth-order valence-electron chi connectivity index (χ4n) is 2.36. The standard InChI is InChI=1S/C14H18BrF2N3O/c1-3-4-18-13-8-5-9(15)11(20(2)7-12(16)17)6-10(8)19-14(13)21/h5-6,12-13,18H,3-4,7H2,1-2H3,(H,19,21). The van der Waals surface area contributed by atoms with Gasteiger partial charge in [0.2, 0.25) is 5.91 Å². The highest BCUT2D eigenvalue weighted by Gasteiger charge is 2.31. The van der Waals surface area contributed by atoms with Crippen molar-refractivity contribution in [1.29, 1.82) is 0 Å². The number of halogens is 3. The summed E-state index contributed by atoms with van der Waals surface area (Å²) < 4.78 is 25.7. The molecule has 21 heavy (non-hydrogen) atoms. The van der Waals surface area contributed by atoms with Gasteiger partial charge in [-0.2, -0.15) is 0 Å². The van der Waals surface area contributed by atoms with Crippen molar-refractivity contribution in [2.45, 2.75) is 25.8 Å². The summed E-state index contributed by atoms with van der Waals surface area (Å²) in [6, 6.07) is 3.16. The quantitative estimate of drug-likeness (QED) is 0.817. The number of carbonyl (C=O) groups is 1. The molecule has 2 rings (SSSR count). The van der Waals surface area contributed by atoms with Crippen molar-refractivity contribution >= 4 is 33.2 Å². The molecule has 1 atom stereocenters. The van der Waals surface area contributed by atoms with Crippen molar-refractivity contribution in [1.82, 2.24) is 5.32 Å². The van der Waals surface area contributed by atoms with Gasteiger partial charge in [-0.25, -0.2) is 8.78 Å². The Balaban J connectivity index is 2.28. The SMILES string of the molecule is CCCNC1C(=O)Nc2cc(N(C)CC(F)F)c(Br)cc21. The van der Waals surface area contributed by atoms with E-state index in [1.807, 2.05) is 13.0 Å². The van der Waals surface area contributed by atoms with Gasteiger partial charge in [-0.05, 0) is 41.0 Å². The van der Waals surface area contributed by atoms with Gasteiger partial charge in [0.1, 0.15) is 6.04 Å². The van der Waals surface area contributed by atoms with E-state index >= 15 is 0 Å². The Morgan fingerprint density at radius 2 is 2.19 bits per heavy atom. The van der Waals surface area contributed by atoms with Crippen LogP contribution < -0.4 is 15.5 Å². The largest absolute Gasteiger partial charge is 0.368 e. The lowest BCUT2D eigenvalue weighted by Crippen LogP contribution is -2.28. The minimum absolute atomic E-state index is 0.112. The first-order chi connectivity index (χ1) is 9.93. The summed E-state index contributed by atoms with van der Waals surface area (Å²) in [4.78, 5) is 13.5. The molecule has 1 aromatic rings. The Kier molecular flexibility index (Phi) is 5.16. The number of nitrogens with one attached hydrogen (secondary N) is 2. The van der Waals surface area contributed by atoms with E-state index in [1.165, 1.54) is 4.90 Å². The monoisotopic (exact) mass is 361 g/mol. The summed E-state index contributed by atoms with van der Waals surface area (Å²) in [5, 5.41) is 5.97. The lowest BCUT2D eigenvalue weighted by Gasteiger charge is -2.21. The average molecular weight is 362 g/mol. The number of alkyl halides is 2. The van der Waals surface area contributed by atoms with Gasteiger partial charge in [0, 0.05) is 22.8 Å². The van der Waals surface area contributed by atoms with E-state index < -0.39 is 6.43 Å². The molecule has 1 aliphatic heterocycles. The van der Waals surface area contributed by atoms with Gasteiger partial charge in [0.25, 0.3) is 6.43 Å². The van der Waals surface area contributed by atoms with E-state index in [0.29, 0.717) is 15.8 Å². The Morgan fingerprint density at radius 3 is 2.81 bits per heavy atom. The first kappa shape index (κ1) is 16.2. The lowest BCUT2D eigenvalue weighted by molar-refractivity contribution is -0.117. The summed E-state index contributed by atoms with van der Waals surface area (Å²) in [7, 11) is 1.60. The molecule has 1 unspecified atom stereocenters. The molecule has 116 valence electrons. The number of fused-ring (bicyclic) bond motifs is 1. The van der Waals surface area contributed by atoms with Crippen molar-refractivity contribution in [3.8, 4) is 0 Å². The fourth-order valence-corrected chi connectivity index (χ4v) is 3.02. The Morgan fingerprint density at radius 1 is 1.48 bits per heavy atom. The number of benzene rings is 1. The molecule has 0 bridgehead atoms. The highest BCUT2D eigenvalue weighted by molar-refractivity contribution is 9.10. The maximum Gasteiger partial charge on any atom is 0.255 e. The molecule has 0 fully saturated rings. The zero-order valence-corrected chi connectivity index (χ0v) is 13.5. The maximum atomic E-state index is 12.5. The van der Waals surface area contributed by atoms with E-state index in [9.17, 15) is 13.6 Å². The van der Waals surface area contributed by atoms with Crippen LogP contribution in [0.15, 0.2) is 16.6 Å². The van der Waals surface area contributed by atoms with E-state index in [4.69, 9.17) is 0 Å². The van der Waals surface area contributed by atoms with E-state index in [2.05, 4.69) is 26.6 Å². The Labute approximate surface area is 131 Å². The predicted octanol–water partition coefficient (Wildman–Crippen LogP) is 3.14. The number of carbonyl (C=O) groups excluding carboxylic acids is 1. The second-order valence-electron chi connectivity index (χ2n) is 5.04. The molecule has 1 heterocycles. The van der Waals surface area contributed by atoms with Crippen molar-refractivity contribution in [3.05, 3.63) is 22.2 Å². The third-order valence-electron chi connectivity index (χ3n) is 3.37. The molecule has 1 amide bonds. The predicted molar refractivity (Wildman–Crippen MR) is 83.1 cm³/mol. The Hall–Kier alpha value is -1.21. The number of anilines is 2. The molecule has 1 aliphatic rings. The number of hydrogen-bond acceptors (Lipinski definition) is 3. The fraction of sp³-hybridized carbons (Fsp3) is 0.500. The molecule has 0 aromatic heterocycles. The van der Waals surface area contributed by atoms with Crippen LogP contribution in [0.25, 0.3) is 0 Å². The summed E-state index contributed by atoms with van der Waals surface area (Å²) in [6.07, 6.45) is -1.49. The van der Waals surface area contributed by atoms with E-state index in [1.54, 1.807) is 13.1 Å². The van der Waals surface area contributed by atoms with Gasteiger partial charge < -0.3 is 15.5 Å². The topological polar surface area (TPSA) is 44.4 Å². The van der Waals surface area contributed by atoms with Crippen LogP contribution in [0.4, 0.5) is 20.2 Å². The number of rotatable bonds is 6. The Bertz CT molecular complexity index is 539. The van der Waals surface area contributed by atoms with Crippen molar-refractivity contribution in [2.24, 2.45) is 0 Å². The first-order valence-corrected chi connectivity index (χ1v) is 7.60. The molecule has 0 saturated heterocycles. The van der Waals surface area contributed by atoms with Crippen molar-refractivity contribution in [3.63, 3.8) is 0 Å². The van der Waals surface area contributed by atoms with Crippen LogP contribution in [-0.2, 0) is 4.79 Å². The van der Waals surface area contributed by atoms with E-state index in [0.717, 1.165) is 18.5 Å². The third-order valence-corrected chi connectivity index (χ3v) is 4.01. The number of nitrogens with zero attached hydrogens (tertiary/aromatic N) is 1. The second-order valence-corrected chi connectivity index (χ2v) is 5.89. The summed E-state index contributed by atoms with van der Waals surface area (Å²) in [5.74, 6) is -0.112. The van der Waals surface area contributed by atoms with Gasteiger partial charge in [-0.15, -0.1) is 0 Å².